The second-order valence-corrected chi connectivity index (χ2v) is 6.76. The Bertz CT molecular complexity index is 601. The van der Waals surface area contributed by atoms with Crippen LogP contribution in [0.3, 0.4) is 0 Å². The van der Waals surface area contributed by atoms with Crippen molar-refractivity contribution in [2.45, 2.75) is 25.8 Å². The SMILES string of the molecule is CCCNC(Cc1ccc(Cl)cc1Cl)c1cccc(Br)c1. The molecular weight excluding hydrogens is 369 g/mol. The first-order chi connectivity index (χ1) is 10.1. The van der Waals surface area contributed by atoms with Crippen molar-refractivity contribution in [3.8, 4) is 0 Å². The molecule has 0 aliphatic heterocycles. The Morgan fingerprint density at radius 1 is 1.14 bits per heavy atom. The molecule has 21 heavy (non-hydrogen) atoms. The second kappa shape index (κ2) is 8.19. The molecule has 1 N–H and O–H groups in total. The fourth-order valence-corrected chi connectivity index (χ4v) is 3.16. The van der Waals surface area contributed by atoms with E-state index in [1.165, 1.54) is 5.56 Å². The van der Waals surface area contributed by atoms with Crippen LogP contribution < -0.4 is 5.32 Å². The highest BCUT2D eigenvalue weighted by atomic mass is 79.9. The first-order valence-electron chi connectivity index (χ1n) is 7.03. The topological polar surface area (TPSA) is 12.0 Å². The Balaban J connectivity index is 2.23. The van der Waals surface area contributed by atoms with Crippen molar-refractivity contribution in [2.24, 2.45) is 0 Å². The van der Waals surface area contributed by atoms with Crippen molar-refractivity contribution in [1.82, 2.24) is 5.32 Å². The lowest BCUT2D eigenvalue weighted by Gasteiger charge is -2.20. The fraction of sp³-hybridized carbons (Fsp3) is 0.294. The number of benzene rings is 2. The minimum absolute atomic E-state index is 0.237. The summed E-state index contributed by atoms with van der Waals surface area (Å²) in [7, 11) is 0. The molecule has 0 saturated carbocycles. The molecule has 0 fully saturated rings. The molecule has 1 nitrogen and oxygen atoms in total. The minimum Gasteiger partial charge on any atom is -0.310 e. The quantitative estimate of drug-likeness (QED) is 0.638. The number of nitrogens with one attached hydrogen (secondary N) is 1. The molecule has 112 valence electrons. The zero-order valence-corrected chi connectivity index (χ0v) is 15.0. The van der Waals surface area contributed by atoms with E-state index in [2.05, 4.69) is 46.4 Å². The Morgan fingerprint density at radius 2 is 1.95 bits per heavy atom. The largest absolute Gasteiger partial charge is 0.310 e. The van der Waals surface area contributed by atoms with Crippen LogP contribution in [0.2, 0.25) is 10.0 Å². The molecule has 2 aromatic carbocycles. The van der Waals surface area contributed by atoms with E-state index in [1.54, 1.807) is 6.07 Å². The van der Waals surface area contributed by atoms with Crippen molar-refractivity contribution in [3.63, 3.8) is 0 Å². The van der Waals surface area contributed by atoms with Crippen LogP contribution in [0.25, 0.3) is 0 Å². The number of halogens is 3. The number of hydrogen-bond donors (Lipinski definition) is 1. The van der Waals surface area contributed by atoms with Crippen LogP contribution in [0.4, 0.5) is 0 Å². The standard InChI is InChI=1S/C17H18BrCl2N/c1-2-8-21-17(13-4-3-5-14(18)9-13)10-12-6-7-15(19)11-16(12)20/h3-7,9,11,17,21H,2,8,10H2,1H3. The highest BCUT2D eigenvalue weighted by Gasteiger charge is 2.14. The van der Waals surface area contributed by atoms with E-state index in [9.17, 15) is 0 Å². The summed E-state index contributed by atoms with van der Waals surface area (Å²) in [6.45, 7) is 3.14. The molecular formula is C17H18BrCl2N. The van der Waals surface area contributed by atoms with E-state index in [0.29, 0.717) is 5.02 Å². The Morgan fingerprint density at radius 3 is 2.62 bits per heavy atom. The Hall–Kier alpha value is -0.540. The number of hydrogen-bond acceptors (Lipinski definition) is 1. The predicted molar refractivity (Wildman–Crippen MR) is 95.3 cm³/mol. The molecule has 0 spiro atoms. The lowest BCUT2D eigenvalue weighted by molar-refractivity contribution is 0.529. The van der Waals surface area contributed by atoms with Gasteiger partial charge in [-0.3, -0.25) is 0 Å². The average molecular weight is 387 g/mol. The van der Waals surface area contributed by atoms with Crippen LogP contribution in [0.5, 0.6) is 0 Å². The van der Waals surface area contributed by atoms with E-state index in [1.807, 2.05) is 18.2 Å². The monoisotopic (exact) mass is 385 g/mol. The van der Waals surface area contributed by atoms with Gasteiger partial charge in [0.2, 0.25) is 0 Å². The van der Waals surface area contributed by atoms with Crippen molar-refractivity contribution >= 4 is 39.1 Å². The summed E-state index contributed by atoms with van der Waals surface area (Å²) in [5.41, 5.74) is 2.36. The third kappa shape index (κ3) is 5.00. The Kier molecular flexibility index (Phi) is 6.56. The van der Waals surface area contributed by atoms with Gasteiger partial charge in [-0.25, -0.2) is 0 Å². The van der Waals surface area contributed by atoms with Crippen LogP contribution in [0.15, 0.2) is 46.9 Å². The van der Waals surface area contributed by atoms with Crippen LogP contribution in [0, 0.1) is 0 Å². The Labute approximate surface area is 144 Å². The van der Waals surface area contributed by atoms with E-state index in [4.69, 9.17) is 23.2 Å². The van der Waals surface area contributed by atoms with Crippen LogP contribution in [-0.4, -0.2) is 6.54 Å². The van der Waals surface area contributed by atoms with E-state index in [0.717, 1.165) is 34.4 Å². The van der Waals surface area contributed by atoms with Gasteiger partial charge in [0.15, 0.2) is 0 Å². The third-order valence-electron chi connectivity index (χ3n) is 3.33. The van der Waals surface area contributed by atoms with E-state index < -0.39 is 0 Å². The molecule has 4 heteroatoms. The summed E-state index contributed by atoms with van der Waals surface area (Å²) < 4.78 is 1.09. The normalized spacial score (nSPS) is 12.4. The van der Waals surface area contributed by atoms with Gasteiger partial charge in [-0.15, -0.1) is 0 Å². The second-order valence-electron chi connectivity index (χ2n) is 5.00. The van der Waals surface area contributed by atoms with Crippen LogP contribution >= 0.6 is 39.1 Å². The third-order valence-corrected chi connectivity index (χ3v) is 4.41. The summed E-state index contributed by atoms with van der Waals surface area (Å²) in [5.74, 6) is 0. The predicted octanol–water partition coefficient (Wildman–Crippen LogP) is 6.04. The maximum absolute atomic E-state index is 6.30. The van der Waals surface area contributed by atoms with Gasteiger partial charge in [0, 0.05) is 20.6 Å². The van der Waals surface area contributed by atoms with E-state index >= 15 is 0 Å². The summed E-state index contributed by atoms with van der Waals surface area (Å²) in [6, 6.07) is 14.3. The van der Waals surface area contributed by atoms with Gasteiger partial charge in [0.25, 0.3) is 0 Å². The van der Waals surface area contributed by atoms with Gasteiger partial charge in [-0.1, -0.05) is 64.3 Å². The van der Waals surface area contributed by atoms with Crippen molar-refractivity contribution in [3.05, 3.63) is 68.1 Å². The van der Waals surface area contributed by atoms with E-state index in [-0.39, 0.29) is 6.04 Å². The smallest absolute Gasteiger partial charge is 0.0453 e. The van der Waals surface area contributed by atoms with Gasteiger partial charge >= 0.3 is 0 Å². The molecule has 0 radical (unpaired) electrons. The molecule has 0 bridgehead atoms. The van der Waals surface area contributed by atoms with Crippen molar-refractivity contribution in [1.29, 1.82) is 0 Å². The molecule has 2 rings (SSSR count). The highest BCUT2D eigenvalue weighted by Crippen LogP contribution is 2.27. The van der Waals surface area contributed by atoms with Gasteiger partial charge in [0.1, 0.15) is 0 Å². The van der Waals surface area contributed by atoms with Crippen LogP contribution in [-0.2, 0) is 6.42 Å². The maximum Gasteiger partial charge on any atom is 0.0453 e. The van der Waals surface area contributed by atoms with Gasteiger partial charge < -0.3 is 5.32 Å². The molecule has 0 heterocycles. The molecule has 1 atom stereocenters. The average Bonchev–Trinajstić information content (AvgIpc) is 2.45. The van der Waals surface area contributed by atoms with Crippen LogP contribution in [0.1, 0.15) is 30.5 Å². The zero-order chi connectivity index (χ0) is 15.2. The molecule has 0 aromatic heterocycles. The minimum atomic E-state index is 0.237. The lowest BCUT2D eigenvalue weighted by Crippen LogP contribution is -2.24. The molecule has 0 aliphatic carbocycles. The summed E-state index contributed by atoms with van der Waals surface area (Å²) in [5, 5.41) is 4.98. The van der Waals surface area contributed by atoms with Gasteiger partial charge in [-0.2, -0.15) is 0 Å². The molecule has 1 unspecified atom stereocenters. The van der Waals surface area contributed by atoms with Crippen molar-refractivity contribution in [2.75, 3.05) is 6.54 Å². The highest BCUT2D eigenvalue weighted by molar-refractivity contribution is 9.10. The fourth-order valence-electron chi connectivity index (χ4n) is 2.26. The molecule has 2 aromatic rings. The zero-order valence-electron chi connectivity index (χ0n) is 11.9. The summed E-state index contributed by atoms with van der Waals surface area (Å²) in [4.78, 5) is 0. The maximum atomic E-state index is 6.30. The molecule has 0 aliphatic rings. The first-order valence-corrected chi connectivity index (χ1v) is 8.58. The summed E-state index contributed by atoms with van der Waals surface area (Å²) in [6.07, 6.45) is 1.94. The first kappa shape index (κ1) is 16.8. The van der Waals surface area contributed by atoms with Gasteiger partial charge in [-0.05, 0) is 54.8 Å². The number of rotatable bonds is 6. The lowest BCUT2D eigenvalue weighted by atomic mass is 9.98. The molecule has 0 saturated heterocycles. The van der Waals surface area contributed by atoms with Gasteiger partial charge in [0.05, 0.1) is 0 Å². The molecule has 0 amide bonds. The summed E-state index contributed by atoms with van der Waals surface area (Å²) >= 11 is 15.8. The van der Waals surface area contributed by atoms with Crippen molar-refractivity contribution < 1.29 is 0 Å².